The summed E-state index contributed by atoms with van der Waals surface area (Å²) < 4.78 is 0. The van der Waals surface area contributed by atoms with Gasteiger partial charge >= 0.3 is 0 Å². The molecule has 0 radical (unpaired) electrons. The van der Waals surface area contributed by atoms with E-state index in [9.17, 15) is 0 Å². The van der Waals surface area contributed by atoms with E-state index < -0.39 is 0 Å². The first kappa shape index (κ1) is 12.0. The third-order valence-corrected chi connectivity index (χ3v) is 3.03. The summed E-state index contributed by atoms with van der Waals surface area (Å²) in [6, 6.07) is 6.16. The topological polar surface area (TPSA) is 37.8 Å². The van der Waals surface area contributed by atoms with Crippen LogP contribution in [0, 0.1) is 0 Å². The number of halogens is 1. The highest BCUT2D eigenvalue weighted by atomic mass is 35.5. The minimum atomic E-state index is 0.188. The minimum absolute atomic E-state index is 0.188. The highest BCUT2D eigenvalue weighted by Gasteiger charge is 2.13. The van der Waals surface area contributed by atoms with Crippen molar-refractivity contribution in [3.05, 3.63) is 59.1 Å². The van der Waals surface area contributed by atoms with Crippen LogP contribution in [0.4, 0.5) is 0 Å². The van der Waals surface area contributed by atoms with E-state index in [0.717, 1.165) is 12.0 Å². The van der Waals surface area contributed by atoms with Crippen LogP contribution in [0.5, 0.6) is 0 Å². The fourth-order valence-electron chi connectivity index (χ4n) is 1.79. The number of likely N-dealkylation sites (N-methyl/N-ethyl adjacent to an activating group) is 1. The van der Waals surface area contributed by atoms with Crippen LogP contribution >= 0.6 is 11.6 Å². The van der Waals surface area contributed by atoms with Crippen LogP contribution in [0.3, 0.4) is 0 Å². The van der Waals surface area contributed by atoms with Crippen molar-refractivity contribution in [1.29, 1.82) is 0 Å². The van der Waals surface area contributed by atoms with Gasteiger partial charge in [-0.05, 0) is 42.8 Å². The molecule has 2 rings (SSSR count). The second-order valence-electron chi connectivity index (χ2n) is 3.80. The predicted octanol–water partition coefficient (Wildman–Crippen LogP) is 2.63. The summed E-state index contributed by atoms with van der Waals surface area (Å²) in [4.78, 5) is 8.01. The minimum Gasteiger partial charge on any atom is -0.313 e. The van der Waals surface area contributed by atoms with Gasteiger partial charge in [0.15, 0.2) is 0 Å². The van der Waals surface area contributed by atoms with Crippen molar-refractivity contribution < 1.29 is 0 Å². The SMILES string of the molecule is CNC(Cc1ccncc1)c1ccncc1Cl. The molecule has 0 bridgehead atoms. The number of pyridine rings is 2. The predicted molar refractivity (Wildman–Crippen MR) is 69.0 cm³/mol. The normalized spacial score (nSPS) is 12.4. The number of hydrogen-bond donors (Lipinski definition) is 1. The maximum absolute atomic E-state index is 6.15. The molecule has 0 saturated carbocycles. The van der Waals surface area contributed by atoms with Crippen LogP contribution in [0.15, 0.2) is 43.0 Å². The zero-order chi connectivity index (χ0) is 12.1. The van der Waals surface area contributed by atoms with Crippen LogP contribution in [-0.4, -0.2) is 17.0 Å². The smallest absolute Gasteiger partial charge is 0.0637 e. The molecule has 2 aromatic rings. The third kappa shape index (κ3) is 3.02. The van der Waals surface area contributed by atoms with Crippen molar-refractivity contribution in [2.45, 2.75) is 12.5 Å². The molecular formula is C13H14ClN3. The van der Waals surface area contributed by atoms with E-state index in [1.165, 1.54) is 5.56 Å². The Hall–Kier alpha value is -1.45. The quantitative estimate of drug-likeness (QED) is 0.903. The maximum Gasteiger partial charge on any atom is 0.0637 e. The first-order valence-corrected chi connectivity index (χ1v) is 5.84. The second kappa shape index (κ2) is 5.75. The van der Waals surface area contributed by atoms with E-state index in [2.05, 4.69) is 15.3 Å². The van der Waals surface area contributed by atoms with Gasteiger partial charge in [0.05, 0.1) is 5.02 Å². The maximum atomic E-state index is 6.15. The molecule has 0 saturated heterocycles. The first-order valence-electron chi connectivity index (χ1n) is 5.47. The molecule has 0 aliphatic rings. The monoisotopic (exact) mass is 247 g/mol. The zero-order valence-electron chi connectivity index (χ0n) is 9.60. The highest BCUT2D eigenvalue weighted by Crippen LogP contribution is 2.24. The molecule has 0 amide bonds. The van der Waals surface area contributed by atoms with Crippen molar-refractivity contribution in [3.8, 4) is 0 Å². The summed E-state index contributed by atoms with van der Waals surface area (Å²) >= 11 is 6.15. The number of hydrogen-bond acceptors (Lipinski definition) is 3. The van der Waals surface area contributed by atoms with E-state index in [1.54, 1.807) is 24.8 Å². The van der Waals surface area contributed by atoms with Gasteiger partial charge in [0.2, 0.25) is 0 Å². The van der Waals surface area contributed by atoms with Gasteiger partial charge in [0, 0.05) is 30.8 Å². The Morgan fingerprint density at radius 3 is 2.53 bits per heavy atom. The lowest BCUT2D eigenvalue weighted by Gasteiger charge is -2.17. The fraction of sp³-hybridized carbons (Fsp3) is 0.231. The average Bonchev–Trinajstić information content (AvgIpc) is 2.38. The Labute approximate surface area is 106 Å². The number of nitrogens with zero attached hydrogens (tertiary/aromatic N) is 2. The van der Waals surface area contributed by atoms with Crippen molar-refractivity contribution in [2.75, 3.05) is 7.05 Å². The van der Waals surface area contributed by atoms with Crippen LogP contribution in [0.1, 0.15) is 17.2 Å². The molecule has 0 aliphatic heterocycles. The summed E-state index contributed by atoms with van der Waals surface area (Å²) in [5.74, 6) is 0. The molecule has 2 heterocycles. The Kier molecular flexibility index (Phi) is 4.07. The summed E-state index contributed by atoms with van der Waals surface area (Å²) in [6.45, 7) is 0. The summed E-state index contributed by atoms with van der Waals surface area (Å²) in [5.41, 5.74) is 2.30. The zero-order valence-corrected chi connectivity index (χ0v) is 10.4. The molecule has 0 spiro atoms. The van der Waals surface area contributed by atoms with E-state index >= 15 is 0 Å². The molecule has 4 heteroatoms. The highest BCUT2D eigenvalue weighted by molar-refractivity contribution is 6.31. The molecule has 1 N–H and O–H groups in total. The van der Waals surface area contributed by atoms with Crippen LogP contribution in [-0.2, 0) is 6.42 Å². The Morgan fingerprint density at radius 1 is 1.18 bits per heavy atom. The lowest BCUT2D eigenvalue weighted by molar-refractivity contribution is 0.591. The van der Waals surface area contributed by atoms with Crippen LogP contribution < -0.4 is 5.32 Å². The molecule has 17 heavy (non-hydrogen) atoms. The number of rotatable bonds is 4. The number of aromatic nitrogens is 2. The molecule has 88 valence electrons. The molecule has 1 atom stereocenters. The average molecular weight is 248 g/mol. The van der Waals surface area contributed by atoms with Gasteiger partial charge in [-0.15, -0.1) is 0 Å². The van der Waals surface area contributed by atoms with Gasteiger partial charge in [0.25, 0.3) is 0 Å². The third-order valence-electron chi connectivity index (χ3n) is 2.72. The van der Waals surface area contributed by atoms with Gasteiger partial charge in [-0.25, -0.2) is 0 Å². The Balaban J connectivity index is 2.21. The molecule has 0 aromatic carbocycles. The van der Waals surface area contributed by atoms with Gasteiger partial charge in [-0.2, -0.15) is 0 Å². The van der Waals surface area contributed by atoms with Crippen molar-refractivity contribution in [1.82, 2.24) is 15.3 Å². The fourth-order valence-corrected chi connectivity index (χ4v) is 2.04. The molecular weight excluding hydrogens is 234 g/mol. The number of nitrogens with one attached hydrogen (secondary N) is 1. The largest absolute Gasteiger partial charge is 0.313 e. The van der Waals surface area contributed by atoms with Crippen LogP contribution in [0.2, 0.25) is 5.02 Å². The molecule has 3 nitrogen and oxygen atoms in total. The molecule has 0 fully saturated rings. The lowest BCUT2D eigenvalue weighted by atomic mass is 10.0. The van der Waals surface area contributed by atoms with Gasteiger partial charge in [-0.3, -0.25) is 9.97 Å². The standard InChI is InChI=1S/C13H14ClN3/c1-15-13(8-10-2-5-16-6-3-10)11-4-7-17-9-12(11)14/h2-7,9,13,15H,8H2,1H3. The van der Waals surface area contributed by atoms with Crippen LogP contribution in [0.25, 0.3) is 0 Å². The van der Waals surface area contributed by atoms with E-state index in [4.69, 9.17) is 11.6 Å². The summed E-state index contributed by atoms with van der Waals surface area (Å²) in [6.07, 6.45) is 7.92. The van der Waals surface area contributed by atoms with Crippen molar-refractivity contribution >= 4 is 11.6 Å². The summed E-state index contributed by atoms with van der Waals surface area (Å²) in [7, 11) is 1.93. The van der Waals surface area contributed by atoms with E-state index in [1.807, 2.05) is 25.2 Å². The van der Waals surface area contributed by atoms with Gasteiger partial charge < -0.3 is 5.32 Å². The lowest BCUT2D eigenvalue weighted by Crippen LogP contribution is -2.19. The molecule has 2 aromatic heterocycles. The van der Waals surface area contributed by atoms with Crippen molar-refractivity contribution in [2.24, 2.45) is 0 Å². The second-order valence-corrected chi connectivity index (χ2v) is 4.21. The van der Waals surface area contributed by atoms with E-state index in [0.29, 0.717) is 5.02 Å². The van der Waals surface area contributed by atoms with Gasteiger partial charge in [0.1, 0.15) is 0 Å². The summed E-state index contributed by atoms with van der Waals surface area (Å²) in [5, 5.41) is 3.97. The Morgan fingerprint density at radius 2 is 1.88 bits per heavy atom. The molecule has 0 aliphatic carbocycles. The van der Waals surface area contributed by atoms with E-state index in [-0.39, 0.29) is 6.04 Å². The van der Waals surface area contributed by atoms with Crippen molar-refractivity contribution in [3.63, 3.8) is 0 Å². The Bertz CT molecular complexity index is 473. The van der Waals surface area contributed by atoms with Gasteiger partial charge in [-0.1, -0.05) is 11.6 Å². The molecule has 1 unspecified atom stereocenters. The first-order chi connectivity index (χ1) is 8.31.